The van der Waals surface area contributed by atoms with Crippen molar-refractivity contribution in [3.63, 3.8) is 0 Å². The molecule has 1 aliphatic rings. The average Bonchev–Trinajstić information content (AvgIpc) is 3.05. The van der Waals surface area contributed by atoms with Gasteiger partial charge in [-0.2, -0.15) is 0 Å². The minimum Gasteiger partial charge on any atom is -0.441 e. The van der Waals surface area contributed by atoms with Crippen LogP contribution in [0.2, 0.25) is 0 Å². The highest BCUT2D eigenvalue weighted by atomic mass is 16.3. The lowest BCUT2D eigenvalue weighted by Gasteiger charge is -2.08. The van der Waals surface area contributed by atoms with Crippen molar-refractivity contribution in [1.82, 2.24) is 14.5 Å². The Balaban J connectivity index is 1.53. The zero-order valence-corrected chi connectivity index (χ0v) is 11.3. The Hall–Kier alpha value is -2.30. The van der Waals surface area contributed by atoms with E-state index in [0.717, 1.165) is 29.2 Å². The largest absolute Gasteiger partial charge is 0.441 e. The first-order valence-corrected chi connectivity index (χ1v) is 6.92. The number of imidazole rings is 1. The predicted octanol–water partition coefficient (Wildman–Crippen LogP) is 3.28. The van der Waals surface area contributed by atoms with Gasteiger partial charge in [0.15, 0.2) is 11.5 Å². The molecule has 0 aliphatic heterocycles. The average molecular weight is 268 g/mol. The molecule has 102 valence electrons. The number of fused-ring (bicyclic) bond motifs is 1. The van der Waals surface area contributed by atoms with Crippen molar-refractivity contribution in [2.24, 2.45) is 0 Å². The molecular formula is C15H16N4O. The van der Waals surface area contributed by atoms with Crippen molar-refractivity contribution in [3.05, 3.63) is 42.3 Å². The molecular weight excluding hydrogens is 252 g/mol. The van der Waals surface area contributed by atoms with Crippen LogP contribution < -0.4 is 5.32 Å². The zero-order chi connectivity index (χ0) is 13.5. The molecule has 1 fully saturated rings. The molecule has 20 heavy (non-hydrogen) atoms. The fourth-order valence-electron chi connectivity index (χ4n) is 2.50. The van der Waals surface area contributed by atoms with Crippen molar-refractivity contribution in [1.29, 1.82) is 0 Å². The fourth-order valence-corrected chi connectivity index (χ4v) is 2.50. The van der Waals surface area contributed by atoms with E-state index in [4.69, 9.17) is 4.42 Å². The van der Waals surface area contributed by atoms with Crippen LogP contribution in [0.25, 0.3) is 11.1 Å². The lowest BCUT2D eigenvalue weighted by atomic mass is 10.3. The van der Waals surface area contributed by atoms with Crippen LogP contribution in [0.5, 0.6) is 0 Å². The maximum atomic E-state index is 5.48. The zero-order valence-electron chi connectivity index (χ0n) is 11.3. The highest BCUT2D eigenvalue weighted by Gasteiger charge is 2.25. The summed E-state index contributed by atoms with van der Waals surface area (Å²) in [5.41, 5.74) is 2.75. The quantitative estimate of drug-likeness (QED) is 0.789. The normalized spacial score (nSPS) is 14.8. The van der Waals surface area contributed by atoms with Crippen LogP contribution in [0.3, 0.4) is 0 Å². The topological polar surface area (TPSA) is 55.9 Å². The molecule has 2 heterocycles. The third-order valence-electron chi connectivity index (χ3n) is 3.63. The molecule has 1 aliphatic carbocycles. The second-order valence-electron chi connectivity index (χ2n) is 5.25. The summed E-state index contributed by atoms with van der Waals surface area (Å²) in [7, 11) is 0. The number of oxazole rings is 1. The molecule has 5 nitrogen and oxygen atoms in total. The molecule has 1 aromatic carbocycles. The van der Waals surface area contributed by atoms with Crippen molar-refractivity contribution in [2.45, 2.75) is 32.4 Å². The van der Waals surface area contributed by atoms with Crippen LogP contribution in [0.15, 0.2) is 35.0 Å². The van der Waals surface area contributed by atoms with E-state index in [2.05, 4.69) is 26.0 Å². The van der Waals surface area contributed by atoms with Crippen LogP contribution in [0.4, 0.5) is 5.69 Å². The van der Waals surface area contributed by atoms with Gasteiger partial charge >= 0.3 is 0 Å². The summed E-state index contributed by atoms with van der Waals surface area (Å²) in [5, 5.41) is 3.41. The number of nitrogens with one attached hydrogen (secondary N) is 1. The van der Waals surface area contributed by atoms with Gasteiger partial charge in [0, 0.05) is 31.0 Å². The van der Waals surface area contributed by atoms with Crippen molar-refractivity contribution >= 4 is 16.8 Å². The highest BCUT2D eigenvalue weighted by molar-refractivity contribution is 5.77. The second-order valence-corrected chi connectivity index (χ2v) is 5.25. The maximum absolute atomic E-state index is 5.48. The third-order valence-corrected chi connectivity index (χ3v) is 3.63. The smallest absolute Gasteiger partial charge is 0.192 e. The standard InChI is InChI=1S/C15H16N4O/c1-10-18-13-8-11(2-5-14(13)20-10)17-9-15-16-6-7-19(15)12-3-4-12/h2,5-8,12,17H,3-4,9H2,1H3. The Morgan fingerprint density at radius 1 is 1.40 bits per heavy atom. The number of hydrogen-bond donors (Lipinski definition) is 1. The Bertz CT molecular complexity index is 754. The van der Waals surface area contributed by atoms with Crippen LogP contribution >= 0.6 is 0 Å². The van der Waals surface area contributed by atoms with Gasteiger partial charge in [0.2, 0.25) is 0 Å². The molecule has 0 radical (unpaired) electrons. The van der Waals surface area contributed by atoms with Crippen LogP contribution in [0.1, 0.15) is 30.6 Å². The summed E-state index contributed by atoms with van der Waals surface area (Å²) < 4.78 is 7.75. The van der Waals surface area contributed by atoms with Gasteiger partial charge in [-0.3, -0.25) is 0 Å². The molecule has 0 atom stereocenters. The van der Waals surface area contributed by atoms with E-state index in [1.54, 1.807) is 0 Å². The number of anilines is 1. The molecule has 0 spiro atoms. The number of rotatable bonds is 4. The lowest BCUT2D eigenvalue weighted by molar-refractivity contribution is 0.561. The SMILES string of the molecule is Cc1nc2cc(NCc3nccn3C3CC3)ccc2o1. The molecule has 4 rings (SSSR count). The number of hydrogen-bond acceptors (Lipinski definition) is 4. The van der Waals surface area contributed by atoms with E-state index < -0.39 is 0 Å². The third kappa shape index (κ3) is 2.05. The predicted molar refractivity (Wildman–Crippen MR) is 76.6 cm³/mol. The summed E-state index contributed by atoms with van der Waals surface area (Å²) in [6.07, 6.45) is 6.49. The van der Waals surface area contributed by atoms with Gasteiger partial charge in [-0.05, 0) is 31.0 Å². The Morgan fingerprint density at radius 3 is 3.15 bits per heavy atom. The Kier molecular flexibility index (Phi) is 2.52. The van der Waals surface area contributed by atoms with E-state index in [1.165, 1.54) is 12.8 Å². The van der Waals surface area contributed by atoms with Crippen LogP contribution in [-0.2, 0) is 6.54 Å². The molecule has 0 bridgehead atoms. The van der Waals surface area contributed by atoms with Crippen LogP contribution in [-0.4, -0.2) is 14.5 Å². The van der Waals surface area contributed by atoms with Crippen molar-refractivity contribution in [2.75, 3.05) is 5.32 Å². The number of nitrogens with zero attached hydrogens (tertiary/aromatic N) is 3. The summed E-state index contributed by atoms with van der Waals surface area (Å²) in [4.78, 5) is 8.77. The first kappa shape index (κ1) is 11.5. The molecule has 5 heteroatoms. The number of aryl methyl sites for hydroxylation is 1. The van der Waals surface area contributed by atoms with Gasteiger partial charge in [0.1, 0.15) is 11.3 Å². The van der Waals surface area contributed by atoms with Crippen molar-refractivity contribution in [3.8, 4) is 0 Å². The van der Waals surface area contributed by atoms with E-state index in [0.29, 0.717) is 11.9 Å². The first-order valence-electron chi connectivity index (χ1n) is 6.92. The van der Waals surface area contributed by atoms with Gasteiger partial charge in [-0.1, -0.05) is 0 Å². The Labute approximate surface area is 116 Å². The molecule has 2 aromatic heterocycles. The fraction of sp³-hybridized carbons (Fsp3) is 0.333. The first-order chi connectivity index (χ1) is 9.79. The summed E-state index contributed by atoms with van der Waals surface area (Å²) in [5.74, 6) is 1.78. The van der Waals surface area contributed by atoms with Gasteiger partial charge in [0.25, 0.3) is 0 Å². The van der Waals surface area contributed by atoms with Gasteiger partial charge in [-0.15, -0.1) is 0 Å². The Morgan fingerprint density at radius 2 is 2.30 bits per heavy atom. The van der Waals surface area contributed by atoms with E-state index >= 15 is 0 Å². The molecule has 1 saturated carbocycles. The second kappa shape index (κ2) is 4.37. The minimum atomic E-state index is 0.662. The number of aromatic nitrogens is 3. The van der Waals surface area contributed by atoms with E-state index in [-0.39, 0.29) is 0 Å². The van der Waals surface area contributed by atoms with E-state index in [9.17, 15) is 0 Å². The molecule has 0 unspecified atom stereocenters. The lowest BCUT2D eigenvalue weighted by Crippen LogP contribution is -2.07. The molecule has 3 aromatic rings. The van der Waals surface area contributed by atoms with Gasteiger partial charge in [0.05, 0.1) is 6.54 Å². The molecule has 1 N–H and O–H groups in total. The summed E-state index contributed by atoms with van der Waals surface area (Å²) >= 11 is 0. The molecule has 0 saturated heterocycles. The highest BCUT2D eigenvalue weighted by Crippen LogP contribution is 2.35. The minimum absolute atomic E-state index is 0.662. The van der Waals surface area contributed by atoms with E-state index in [1.807, 2.05) is 31.3 Å². The number of benzene rings is 1. The van der Waals surface area contributed by atoms with Crippen LogP contribution in [0, 0.1) is 6.92 Å². The van der Waals surface area contributed by atoms with Crippen molar-refractivity contribution < 1.29 is 4.42 Å². The maximum Gasteiger partial charge on any atom is 0.192 e. The summed E-state index contributed by atoms with van der Waals surface area (Å²) in [6, 6.07) is 6.63. The molecule has 0 amide bonds. The van der Waals surface area contributed by atoms with Gasteiger partial charge in [-0.25, -0.2) is 9.97 Å². The van der Waals surface area contributed by atoms with Gasteiger partial charge < -0.3 is 14.3 Å². The monoisotopic (exact) mass is 268 g/mol. The summed E-state index contributed by atoms with van der Waals surface area (Å²) in [6.45, 7) is 2.59.